The Hall–Kier alpha value is -2.44. The van der Waals surface area contributed by atoms with E-state index >= 15 is 0 Å². The van der Waals surface area contributed by atoms with Crippen molar-refractivity contribution in [1.29, 1.82) is 0 Å². The number of para-hydroxylation sites is 1. The van der Waals surface area contributed by atoms with Crippen LogP contribution in [-0.4, -0.2) is 40.1 Å². The van der Waals surface area contributed by atoms with Gasteiger partial charge in [-0.2, -0.15) is 0 Å². The quantitative estimate of drug-likeness (QED) is 0.432. The second kappa shape index (κ2) is 9.37. The molecule has 1 saturated carbocycles. The molecule has 152 valence electrons. The number of hydrogen-bond donors (Lipinski definition) is 1. The van der Waals surface area contributed by atoms with Crippen molar-refractivity contribution >= 4 is 27.5 Å². The molecule has 1 aromatic heterocycles. The van der Waals surface area contributed by atoms with Crippen LogP contribution in [0.2, 0.25) is 0 Å². The van der Waals surface area contributed by atoms with Gasteiger partial charge in [0.1, 0.15) is 5.75 Å². The lowest BCUT2D eigenvalue weighted by Gasteiger charge is -2.21. The number of unbranched alkanes of at least 4 members (excludes halogenated alkanes) is 1. The first-order chi connectivity index (χ1) is 14.2. The van der Waals surface area contributed by atoms with Gasteiger partial charge < -0.3 is 14.7 Å². The molecule has 0 amide bonds. The summed E-state index contributed by atoms with van der Waals surface area (Å²) in [4.78, 5) is 17.7. The van der Waals surface area contributed by atoms with Crippen LogP contribution >= 0.6 is 11.3 Å². The molecule has 3 aromatic rings. The number of nitrogens with zero attached hydrogens (tertiary/aromatic N) is 2. The zero-order chi connectivity index (χ0) is 20.1. The largest absolute Gasteiger partial charge is 0.481 e. The van der Waals surface area contributed by atoms with Gasteiger partial charge in [-0.3, -0.25) is 4.79 Å². The van der Waals surface area contributed by atoms with Gasteiger partial charge >= 0.3 is 5.97 Å². The molecule has 5 nitrogen and oxygen atoms in total. The maximum atomic E-state index is 10.7. The normalized spacial score (nSPS) is 13.8. The zero-order valence-electron chi connectivity index (χ0n) is 16.4. The number of rotatable bonds is 11. The third-order valence-corrected chi connectivity index (χ3v) is 6.15. The average Bonchev–Trinajstić information content (AvgIpc) is 3.47. The Morgan fingerprint density at radius 2 is 1.90 bits per heavy atom. The van der Waals surface area contributed by atoms with Crippen molar-refractivity contribution in [2.75, 3.05) is 13.1 Å². The molecule has 29 heavy (non-hydrogen) atoms. The van der Waals surface area contributed by atoms with E-state index in [1.807, 2.05) is 30.3 Å². The van der Waals surface area contributed by atoms with Gasteiger partial charge in [-0.1, -0.05) is 35.6 Å². The summed E-state index contributed by atoms with van der Waals surface area (Å²) in [6.45, 7) is 2.02. The van der Waals surface area contributed by atoms with Gasteiger partial charge in [0.2, 0.25) is 0 Å². The van der Waals surface area contributed by atoms with Crippen LogP contribution in [0.25, 0.3) is 10.2 Å². The number of carboxylic acid groups (broad SMARTS) is 1. The van der Waals surface area contributed by atoms with Crippen LogP contribution in [0.3, 0.4) is 0 Å². The molecule has 0 saturated heterocycles. The van der Waals surface area contributed by atoms with E-state index in [4.69, 9.17) is 9.84 Å². The van der Waals surface area contributed by atoms with Gasteiger partial charge in [0.15, 0.2) is 0 Å². The molecule has 4 rings (SSSR count). The highest BCUT2D eigenvalue weighted by Crippen LogP contribution is 2.31. The van der Waals surface area contributed by atoms with Crippen LogP contribution in [0.1, 0.15) is 37.7 Å². The molecule has 1 N–H and O–H groups in total. The maximum Gasteiger partial charge on any atom is 0.303 e. The predicted molar refractivity (Wildman–Crippen MR) is 116 cm³/mol. The van der Waals surface area contributed by atoms with Crippen molar-refractivity contribution in [3.63, 3.8) is 0 Å². The Morgan fingerprint density at radius 1 is 1.10 bits per heavy atom. The standard InChI is InChI=1S/C23H26N2O3S/c26-22(27)7-3-4-15-25(18-10-11-18)16-14-17-8-12-19(13-9-17)28-23-24-20-5-1-2-6-21(20)29-23/h1-2,5-6,8-9,12-13,18H,3-4,7,10-11,14-16H2,(H,26,27). The minimum atomic E-state index is -0.698. The minimum Gasteiger partial charge on any atom is -0.481 e. The summed E-state index contributed by atoms with van der Waals surface area (Å²) in [6.07, 6.45) is 5.53. The predicted octanol–water partition coefficient (Wildman–Crippen LogP) is 5.35. The number of hydrogen-bond acceptors (Lipinski definition) is 5. The van der Waals surface area contributed by atoms with Gasteiger partial charge in [-0.15, -0.1) is 0 Å². The molecule has 0 unspecified atom stereocenters. The van der Waals surface area contributed by atoms with Crippen LogP contribution in [-0.2, 0) is 11.2 Å². The lowest BCUT2D eigenvalue weighted by atomic mass is 10.1. The number of aliphatic carboxylic acids is 1. The molecule has 0 aliphatic heterocycles. The third kappa shape index (κ3) is 5.78. The molecule has 0 atom stereocenters. The molecule has 0 bridgehead atoms. The number of fused-ring (bicyclic) bond motifs is 1. The molecular formula is C23H26N2O3S. The van der Waals surface area contributed by atoms with Crippen molar-refractivity contribution in [3.05, 3.63) is 54.1 Å². The number of carbonyl (C=O) groups is 1. The molecule has 2 aromatic carbocycles. The second-order valence-electron chi connectivity index (χ2n) is 7.56. The smallest absolute Gasteiger partial charge is 0.303 e. The van der Waals surface area contributed by atoms with E-state index < -0.39 is 5.97 Å². The number of ether oxygens (including phenoxy) is 1. The number of carboxylic acids is 1. The number of aromatic nitrogens is 1. The summed E-state index contributed by atoms with van der Waals surface area (Å²) >= 11 is 1.56. The second-order valence-corrected chi connectivity index (χ2v) is 8.55. The van der Waals surface area contributed by atoms with Crippen molar-refractivity contribution in [2.45, 2.75) is 44.6 Å². The van der Waals surface area contributed by atoms with E-state index in [9.17, 15) is 4.79 Å². The fraction of sp³-hybridized carbons (Fsp3) is 0.391. The Labute approximate surface area is 175 Å². The molecule has 1 heterocycles. The van der Waals surface area contributed by atoms with Crippen LogP contribution in [0.15, 0.2) is 48.5 Å². The van der Waals surface area contributed by atoms with E-state index in [1.54, 1.807) is 11.3 Å². The minimum absolute atomic E-state index is 0.272. The van der Waals surface area contributed by atoms with Crippen LogP contribution in [0.4, 0.5) is 0 Å². The topological polar surface area (TPSA) is 62.7 Å². The van der Waals surface area contributed by atoms with E-state index in [-0.39, 0.29) is 6.42 Å². The fourth-order valence-corrected chi connectivity index (χ4v) is 4.34. The van der Waals surface area contributed by atoms with Gasteiger partial charge in [-0.25, -0.2) is 4.98 Å². The first-order valence-electron chi connectivity index (χ1n) is 10.3. The van der Waals surface area contributed by atoms with Crippen molar-refractivity contribution < 1.29 is 14.6 Å². The molecule has 0 spiro atoms. The Bertz CT molecular complexity index is 917. The molecule has 1 fully saturated rings. The summed E-state index contributed by atoms with van der Waals surface area (Å²) < 4.78 is 7.05. The monoisotopic (exact) mass is 410 g/mol. The summed E-state index contributed by atoms with van der Waals surface area (Å²) in [6, 6.07) is 17.0. The molecule has 1 aliphatic rings. The highest BCUT2D eigenvalue weighted by Gasteiger charge is 2.28. The Morgan fingerprint density at radius 3 is 2.62 bits per heavy atom. The van der Waals surface area contributed by atoms with Crippen molar-refractivity contribution in [1.82, 2.24) is 9.88 Å². The van der Waals surface area contributed by atoms with Crippen LogP contribution in [0, 0.1) is 0 Å². The average molecular weight is 411 g/mol. The fourth-order valence-electron chi connectivity index (χ4n) is 3.50. The summed E-state index contributed by atoms with van der Waals surface area (Å²) in [5.41, 5.74) is 2.26. The Kier molecular flexibility index (Phi) is 6.42. The zero-order valence-corrected chi connectivity index (χ0v) is 17.2. The van der Waals surface area contributed by atoms with Gasteiger partial charge in [0.05, 0.1) is 10.2 Å². The lowest BCUT2D eigenvalue weighted by Crippen LogP contribution is -2.29. The first kappa shape index (κ1) is 19.9. The molecule has 6 heteroatoms. The van der Waals surface area contributed by atoms with Crippen LogP contribution < -0.4 is 4.74 Å². The SMILES string of the molecule is O=C(O)CCCCN(CCc1ccc(Oc2nc3ccccc3s2)cc1)C1CC1. The lowest BCUT2D eigenvalue weighted by molar-refractivity contribution is -0.137. The highest BCUT2D eigenvalue weighted by molar-refractivity contribution is 7.20. The molecular weight excluding hydrogens is 384 g/mol. The highest BCUT2D eigenvalue weighted by atomic mass is 32.1. The third-order valence-electron chi connectivity index (χ3n) is 5.24. The number of thiazole rings is 1. The van der Waals surface area contributed by atoms with Gasteiger partial charge in [0.25, 0.3) is 5.19 Å². The maximum absolute atomic E-state index is 10.7. The Balaban J connectivity index is 1.27. The van der Waals surface area contributed by atoms with Crippen molar-refractivity contribution in [3.8, 4) is 10.9 Å². The summed E-state index contributed by atoms with van der Waals surface area (Å²) in [7, 11) is 0. The van der Waals surface area contributed by atoms with Gasteiger partial charge in [-0.05, 0) is 68.5 Å². The molecule has 0 radical (unpaired) electrons. The van der Waals surface area contributed by atoms with Gasteiger partial charge in [0, 0.05) is 19.0 Å². The number of benzene rings is 2. The van der Waals surface area contributed by atoms with Crippen LogP contribution in [0.5, 0.6) is 10.9 Å². The summed E-state index contributed by atoms with van der Waals surface area (Å²) in [5.74, 6) is 0.108. The van der Waals surface area contributed by atoms with E-state index in [2.05, 4.69) is 28.1 Å². The van der Waals surface area contributed by atoms with E-state index in [0.29, 0.717) is 11.2 Å². The first-order valence-corrected chi connectivity index (χ1v) is 11.1. The van der Waals surface area contributed by atoms with E-state index in [0.717, 1.165) is 48.3 Å². The van der Waals surface area contributed by atoms with Crippen molar-refractivity contribution in [2.24, 2.45) is 0 Å². The summed E-state index contributed by atoms with van der Waals surface area (Å²) in [5, 5.41) is 9.44. The van der Waals surface area contributed by atoms with E-state index in [1.165, 1.54) is 18.4 Å². The molecule has 1 aliphatic carbocycles.